The van der Waals surface area contributed by atoms with Gasteiger partial charge in [0.05, 0.1) is 11.3 Å². The van der Waals surface area contributed by atoms with E-state index >= 15 is 0 Å². The summed E-state index contributed by atoms with van der Waals surface area (Å²) in [7, 11) is 0. The minimum atomic E-state index is -1.01. The first-order valence-corrected chi connectivity index (χ1v) is 6.82. The summed E-state index contributed by atoms with van der Waals surface area (Å²) in [5, 5.41) is 14.8. The molecule has 1 aromatic carbocycles. The highest BCUT2D eigenvalue weighted by molar-refractivity contribution is 9.10. The molecule has 1 unspecified atom stereocenters. The molecule has 0 bridgehead atoms. The summed E-state index contributed by atoms with van der Waals surface area (Å²) in [6, 6.07) is 4.56. The molecule has 0 aliphatic carbocycles. The highest BCUT2D eigenvalue weighted by Crippen LogP contribution is 2.25. The molecule has 1 aliphatic rings. The Morgan fingerprint density at radius 1 is 1.47 bits per heavy atom. The summed E-state index contributed by atoms with van der Waals surface area (Å²) in [5.41, 5.74) is 0.639. The molecule has 102 valence electrons. The van der Waals surface area contributed by atoms with Gasteiger partial charge in [0, 0.05) is 10.4 Å². The van der Waals surface area contributed by atoms with Crippen molar-refractivity contribution >= 4 is 33.5 Å². The molecule has 1 heterocycles. The van der Waals surface area contributed by atoms with Crippen LogP contribution in [0, 0.1) is 11.8 Å². The predicted octanol–water partition coefficient (Wildman–Crippen LogP) is 1.94. The minimum Gasteiger partial charge on any atom is -0.478 e. The maximum Gasteiger partial charge on any atom is 0.335 e. The zero-order chi connectivity index (χ0) is 14.0. The molecule has 1 saturated heterocycles. The lowest BCUT2D eigenvalue weighted by Crippen LogP contribution is -2.48. The second-order valence-corrected chi connectivity index (χ2v) is 5.55. The average molecular weight is 327 g/mol. The molecule has 3 N–H and O–H groups in total. The number of carboxylic acid groups (broad SMARTS) is 1. The second kappa shape index (κ2) is 5.71. The molecule has 0 radical (unpaired) electrons. The van der Waals surface area contributed by atoms with E-state index in [-0.39, 0.29) is 17.4 Å². The van der Waals surface area contributed by atoms with Crippen molar-refractivity contribution in [3.05, 3.63) is 28.2 Å². The molecule has 1 amide bonds. The predicted molar refractivity (Wildman–Crippen MR) is 75.3 cm³/mol. The van der Waals surface area contributed by atoms with Crippen LogP contribution in [0.5, 0.6) is 0 Å². The fourth-order valence-corrected chi connectivity index (χ4v) is 2.23. The summed E-state index contributed by atoms with van der Waals surface area (Å²) in [4.78, 5) is 23.0. The number of rotatable bonds is 4. The monoisotopic (exact) mass is 326 g/mol. The van der Waals surface area contributed by atoms with Crippen molar-refractivity contribution in [2.45, 2.75) is 6.92 Å². The van der Waals surface area contributed by atoms with Gasteiger partial charge in [-0.25, -0.2) is 4.79 Å². The molecule has 1 aliphatic heterocycles. The molecule has 6 heteroatoms. The smallest absolute Gasteiger partial charge is 0.335 e. The minimum absolute atomic E-state index is 0.0882. The number of carbonyl (C=O) groups excluding carboxylic acids is 1. The number of hydrogen-bond donors (Lipinski definition) is 3. The van der Waals surface area contributed by atoms with Gasteiger partial charge in [0.25, 0.3) is 0 Å². The summed E-state index contributed by atoms with van der Waals surface area (Å²) >= 11 is 3.31. The standard InChI is InChI=1S/C13H15BrN2O3/c1-7(9-5-15-6-9)12(17)16-11-4-8(13(18)19)2-3-10(11)14/h2-4,7,9,15H,5-6H2,1H3,(H,16,17)(H,18,19). The Hall–Kier alpha value is -1.40. The lowest BCUT2D eigenvalue weighted by molar-refractivity contribution is -0.121. The van der Waals surface area contributed by atoms with E-state index in [0.717, 1.165) is 13.1 Å². The molecule has 5 nitrogen and oxygen atoms in total. The van der Waals surface area contributed by atoms with E-state index in [1.165, 1.54) is 12.1 Å². The van der Waals surface area contributed by atoms with Gasteiger partial charge in [-0.15, -0.1) is 0 Å². The van der Waals surface area contributed by atoms with Crippen LogP contribution in [0.15, 0.2) is 22.7 Å². The molecule has 0 aromatic heterocycles. The van der Waals surface area contributed by atoms with Gasteiger partial charge in [0.15, 0.2) is 0 Å². The van der Waals surface area contributed by atoms with Crippen LogP contribution in [0.4, 0.5) is 5.69 Å². The normalized spacial score (nSPS) is 16.5. The van der Waals surface area contributed by atoms with Gasteiger partial charge >= 0.3 is 5.97 Å². The third kappa shape index (κ3) is 3.13. The van der Waals surface area contributed by atoms with Crippen molar-refractivity contribution in [2.24, 2.45) is 11.8 Å². The molecule has 0 spiro atoms. The molecule has 2 rings (SSSR count). The van der Waals surface area contributed by atoms with E-state index in [9.17, 15) is 9.59 Å². The molecule has 1 atom stereocenters. The Kier molecular flexibility index (Phi) is 4.21. The van der Waals surface area contributed by atoms with E-state index in [4.69, 9.17) is 5.11 Å². The van der Waals surface area contributed by atoms with Gasteiger partial charge in [-0.3, -0.25) is 4.79 Å². The fourth-order valence-electron chi connectivity index (χ4n) is 1.88. The zero-order valence-electron chi connectivity index (χ0n) is 10.4. The third-order valence-electron chi connectivity index (χ3n) is 3.40. The SMILES string of the molecule is CC(C(=O)Nc1cc(C(=O)O)ccc1Br)C1CNC1. The number of halogens is 1. The summed E-state index contributed by atoms with van der Waals surface area (Å²) in [6.07, 6.45) is 0. The first-order valence-electron chi connectivity index (χ1n) is 6.03. The van der Waals surface area contributed by atoms with Crippen molar-refractivity contribution in [3.63, 3.8) is 0 Å². The van der Waals surface area contributed by atoms with Crippen molar-refractivity contribution in [3.8, 4) is 0 Å². The second-order valence-electron chi connectivity index (χ2n) is 4.70. The molecule has 19 heavy (non-hydrogen) atoms. The number of anilines is 1. The van der Waals surface area contributed by atoms with Crippen LogP contribution in [0.3, 0.4) is 0 Å². The number of nitrogens with one attached hydrogen (secondary N) is 2. The highest BCUT2D eigenvalue weighted by atomic mass is 79.9. The van der Waals surface area contributed by atoms with Crippen molar-refractivity contribution in [1.29, 1.82) is 0 Å². The van der Waals surface area contributed by atoms with Gasteiger partial charge in [0.2, 0.25) is 5.91 Å². The quantitative estimate of drug-likeness (QED) is 0.790. The van der Waals surface area contributed by atoms with Crippen LogP contribution in [-0.2, 0) is 4.79 Å². The largest absolute Gasteiger partial charge is 0.478 e. The van der Waals surface area contributed by atoms with Crippen LogP contribution in [0.2, 0.25) is 0 Å². The molecule has 1 aromatic rings. The molecular weight excluding hydrogens is 312 g/mol. The third-order valence-corrected chi connectivity index (χ3v) is 4.10. The topological polar surface area (TPSA) is 78.4 Å². The van der Waals surface area contributed by atoms with Crippen molar-refractivity contribution in [1.82, 2.24) is 5.32 Å². The van der Waals surface area contributed by atoms with E-state index in [2.05, 4.69) is 26.6 Å². The first-order chi connectivity index (χ1) is 8.99. The van der Waals surface area contributed by atoms with Crippen LogP contribution in [0.25, 0.3) is 0 Å². The molecule has 1 fully saturated rings. The summed E-state index contributed by atoms with van der Waals surface area (Å²) in [6.45, 7) is 3.59. The van der Waals surface area contributed by atoms with Gasteiger partial charge in [-0.2, -0.15) is 0 Å². The summed E-state index contributed by atoms with van der Waals surface area (Å²) in [5.74, 6) is -0.850. The van der Waals surface area contributed by atoms with Crippen LogP contribution >= 0.6 is 15.9 Å². The number of amides is 1. The highest BCUT2D eigenvalue weighted by Gasteiger charge is 2.29. The zero-order valence-corrected chi connectivity index (χ0v) is 12.0. The fraction of sp³-hybridized carbons (Fsp3) is 0.385. The maximum absolute atomic E-state index is 12.1. The Bertz CT molecular complexity index is 515. The van der Waals surface area contributed by atoms with E-state index < -0.39 is 5.97 Å². The number of aromatic carboxylic acids is 1. The molecule has 0 saturated carbocycles. The Balaban J connectivity index is 2.11. The average Bonchev–Trinajstić information content (AvgIpc) is 2.29. The first kappa shape index (κ1) is 14.0. The van der Waals surface area contributed by atoms with Gasteiger partial charge in [0.1, 0.15) is 0 Å². The van der Waals surface area contributed by atoms with Gasteiger partial charge < -0.3 is 15.7 Å². The lowest BCUT2D eigenvalue weighted by Gasteiger charge is -2.31. The summed E-state index contributed by atoms with van der Waals surface area (Å²) < 4.78 is 0.671. The van der Waals surface area contributed by atoms with Gasteiger partial charge in [-0.1, -0.05) is 6.92 Å². The number of carboxylic acids is 1. The van der Waals surface area contributed by atoms with Crippen LogP contribution < -0.4 is 10.6 Å². The Morgan fingerprint density at radius 3 is 2.68 bits per heavy atom. The van der Waals surface area contributed by atoms with E-state index in [0.29, 0.717) is 16.1 Å². The number of hydrogen-bond acceptors (Lipinski definition) is 3. The number of carbonyl (C=O) groups is 2. The number of benzene rings is 1. The van der Waals surface area contributed by atoms with Gasteiger partial charge in [-0.05, 0) is 53.1 Å². The van der Waals surface area contributed by atoms with E-state index in [1.54, 1.807) is 6.07 Å². The lowest BCUT2D eigenvalue weighted by atomic mass is 9.88. The Morgan fingerprint density at radius 2 is 2.16 bits per heavy atom. The van der Waals surface area contributed by atoms with Crippen LogP contribution in [0.1, 0.15) is 17.3 Å². The van der Waals surface area contributed by atoms with Crippen molar-refractivity contribution in [2.75, 3.05) is 18.4 Å². The van der Waals surface area contributed by atoms with Crippen molar-refractivity contribution < 1.29 is 14.7 Å². The van der Waals surface area contributed by atoms with E-state index in [1.807, 2.05) is 6.92 Å². The molecular formula is C13H15BrN2O3. The maximum atomic E-state index is 12.1. The Labute approximate surface area is 119 Å². The van der Waals surface area contributed by atoms with Crippen LogP contribution in [-0.4, -0.2) is 30.1 Å².